The number of imidazole rings is 1. The van der Waals surface area contributed by atoms with Crippen molar-refractivity contribution >= 4 is 28.9 Å². The molecule has 0 radical (unpaired) electrons. The normalized spacial score (nSPS) is 20.5. The number of carbonyl (C=O) groups excluding carboxylic acids is 2. The van der Waals surface area contributed by atoms with Gasteiger partial charge in [0.15, 0.2) is 22.6 Å². The van der Waals surface area contributed by atoms with Gasteiger partial charge in [-0.1, -0.05) is 84.0 Å². The maximum absolute atomic E-state index is 14.4. The van der Waals surface area contributed by atoms with Gasteiger partial charge in [-0.2, -0.15) is 14.4 Å². The molecule has 0 aliphatic carbocycles. The van der Waals surface area contributed by atoms with Crippen LogP contribution >= 0.6 is 0 Å². The molecule has 2 N–H and O–H groups in total. The second-order valence-corrected chi connectivity index (χ2v) is 10.4. The van der Waals surface area contributed by atoms with E-state index in [0.29, 0.717) is 6.42 Å². The van der Waals surface area contributed by atoms with Crippen molar-refractivity contribution in [3.05, 3.63) is 12.4 Å². The van der Waals surface area contributed by atoms with Crippen LogP contribution in [0.4, 0.5) is 10.2 Å². The number of nitrogens with one attached hydrogen (secondary N) is 1. The van der Waals surface area contributed by atoms with E-state index in [4.69, 9.17) is 15.9 Å². The third-order valence-electron chi connectivity index (χ3n) is 7.26. The lowest BCUT2D eigenvalue weighted by molar-refractivity contribution is -0.155. The van der Waals surface area contributed by atoms with Gasteiger partial charge < -0.3 is 19.9 Å². The van der Waals surface area contributed by atoms with Gasteiger partial charge in [-0.15, -0.1) is 6.42 Å². The molecule has 0 saturated carbocycles. The molecular formula is C29H42FN5O5. The highest BCUT2D eigenvalue weighted by Crippen LogP contribution is 2.38. The molecule has 1 aliphatic rings. The maximum Gasteiger partial charge on any atom is 0.312 e. The Hall–Kier alpha value is -3.10. The molecule has 1 fully saturated rings. The lowest BCUT2D eigenvalue weighted by Crippen LogP contribution is -2.43. The Morgan fingerprint density at radius 2 is 1.80 bits per heavy atom. The van der Waals surface area contributed by atoms with E-state index in [1.165, 1.54) is 62.3 Å². The predicted molar refractivity (Wildman–Crippen MR) is 149 cm³/mol. The molecule has 3 heterocycles. The second kappa shape index (κ2) is 15.6. The number of fused-ring (bicyclic) bond motifs is 1. The molecule has 3 atom stereocenters. The summed E-state index contributed by atoms with van der Waals surface area (Å²) in [6.45, 7) is 3.53. The third-order valence-corrected chi connectivity index (χ3v) is 7.26. The number of aromatic nitrogens is 4. The Morgan fingerprint density at radius 3 is 2.42 bits per heavy atom. The number of aliphatic hydroxyl groups is 1. The van der Waals surface area contributed by atoms with E-state index in [2.05, 4.69) is 33.1 Å². The van der Waals surface area contributed by atoms with Crippen LogP contribution in [0.15, 0.2) is 6.33 Å². The molecule has 0 bridgehead atoms. The van der Waals surface area contributed by atoms with Gasteiger partial charge in [-0.05, 0) is 6.42 Å². The molecule has 2 aromatic rings. The number of hydrogen-bond acceptors (Lipinski definition) is 8. The molecule has 0 spiro atoms. The van der Waals surface area contributed by atoms with E-state index in [9.17, 15) is 19.1 Å². The Bertz CT molecular complexity index is 1170. The van der Waals surface area contributed by atoms with Crippen LogP contribution in [0.25, 0.3) is 11.2 Å². The number of nitrogens with zero attached hydrogens (tertiary/aromatic N) is 4. The van der Waals surface area contributed by atoms with Gasteiger partial charge in [0.2, 0.25) is 5.91 Å². The van der Waals surface area contributed by atoms with Crippen molar-refractivity contribution in [1.82, 2.24) is 19.5 Å². The fraction of sp³-hybridized carbons (Fsp3) is 0.690. The molecular weight excluding hydrogens is 517 g/mol. The van der Waals surface area contributed by atoms with E-state index < -0.39 is 30.0 Å². The number of aliphatic hydroxyl groups excluding tert-OH is 1. The summed E-state index contributed by atoms with van der Waals surface area (Å²) in [4.78, 5) is 36.0. The van der Waals surface area contributed by atoms with Crippen molar-refractivity contribution in [2.45, 2.75) is 122 Å². The summed E-state index contributed by atoms with van der Waals surface area (Å²) in [6, 6.07) is 0. The molecule has 1 saturated heterocycles. The first kappa shape index (κ1) is 31.4. The summed E-state index contributed by atoms with van der Waals surface area (Å²) in [5, 5.41) is 13.3. The summed E-state index contributed by atoms with van der Waals surface area (Å²) >= 11 is 0. The number of ether oxygens (including phenoxy) is 2. The standard InChI is InChI=1S/C29H42FN5O5/c1-4-7-8-9-10-11-12-13-14-15-16-17-22(37)32-26-25-27(34-28(30)33-26)35(20-31-25)23-18-21(36)29(6-3,40-23)19-39-24(38)5-2/h3,20-21,23,36H,4-5,7-19H2,1-2H3,(H,32,33,34,37)/t21-,23+,29+/m0/s1. The van der Waals surface area contributed by atoms with Gasteiger partial charge in [-0.25, -0.2) is 4.98 Å². The van der Waals surface area contributed by atoms with Gasteiger partial charge in [0, 0.05) is 19.3 Å². The monoisotopic (exact) mass is 559 g/mol. The highest BCUT2D eigenvalue weighted by molar-refractivity contribution is 5.96. The summed E-state index contributed by atoms with van der Waals surface area (Å²) in [6.07, 6.45) is 17.4. The van der Waals surface area contributed by atoms with Gasteiger partial charge in [-0.3, -0.25) is 14.2 Å². The van der Waals surface area contributed by atoms with Crippen molar-refractivity contribution in [3.63, 3.8) is 0 Å². The maximum atomic E-state index is 14.4. The van der Waals surface area contributed by atoms with Gasteiger partial charge in [0.25, 0.3) is 0 Å². The zero-order chi connectivity index (χ0) is 29.0. The molecule has 11 heteroatoms. The van der Waals surface area contributed by atoms with Crippen molar-refractivity contribution < 1.29 is 28.6 Å². The lowest BCUT2D eigenvalue weighted by Gasteiger charge is -2.26. The fourth-order valence-electron chi connectivity index (χ4n) is 4.85. The van der Waals surface area contributed by atoms with Crippen LogP contribution in [0.1, 0.15) is 110 Å². The number of terminal acetylenes is 1. The number of amides is 1. The number of unbranched alkanes of at least 4 members (excludes halogenated alkanes) is 10. The molecule has 220 valence electrons. The van der Waals surface area contributed by atoms with Crippen molar-refractivity contribution in [1.29, 1.82) is 0 Å². The number of rotatable bonds is 17. The average Bonchev–Trinajstić information content (AvgIpc) is 3.51. The zero-order valence-corrected chi connectivity index (χ0v) is 23.7. The minimum absolute atomic E-state index is 0.0332. The van der Waals surface area contributed by atoms with Crippen LogP contribution in [-0.2, 0) is 19.1 Å². The number of anilines is 1. The first-order valence-corrected chi connectivity index (χ1v) is 14.5. The van der Waals surface area contributed by atoms with Crippen molar-refractivity contribution in [2.24, 2.45) is 0 Å². The molecule has 2 aromatic heterocycles. The van der Waals surface area contributed by atoms with Crippen LogP contribution in [-0.4, -0.2) is 54.8 Å². The van der Waals surface area contributed by atoms with E-state index >= 15 is 0 Å². The fourth-order valence-corrected chi connectivity index (χ4v) is 4.85. The summed E-state index contributed by atoms with van der Waals surface area (Å²) in [5.74, 6) is 1.60. The van der Waals surface area contributed by atoms with Gasteiger partial charge in [0.1, 0.15) is 18.9 Å². The van der Waals surface area contributed by atoms with Crippen LogP contribution in [0.3, 0.4) is 0 Å². The zero-order valence-electron chi connectivity index (χ0n) is 23.7. The molecule has 1 amide bonds. The minimum atomic E-state index is -1.57. The Morgan fingerprint density at radius 1 is 1.15 bits per heavy atom. The van der Waals surface area contributed by atoms with Crippen LogP contribution in [0, 0.1) is 18.4 Å². The lowest BCUT2D eigenvalue weighted by atomic mass is 9.99. The average molecular weight is 560 g/mol. The molecule has 10 nitrogen and oxygen atoms in total. The highest BCUT2D eigenvalue weighted by atomic mass is 19.1. The molecule has 40 heavy (non-hydrogen) atoms. The van der Waals surface area contributed by atoms with Crippen LogP contribution in [0.5, 0.6) is 0 Å². The van der Waals surface area contributed by atoms with Crippen LogP contribution < -0.4 is 5.32 Å². The summed E-state index contributed by atoms with van der Waals surface area (Å²) in [5.41, 5.74) is -1.31. The Kier molecular flexibility index (Phi) is 12.3. The Balaban J connectivity index is 1.53. The van der Waals surface area contributed by atoms with Gasteiger partial charge in [0.05, 0.1) is 6.33 Å². The van der Waals surface area contributed by atoms with E-state index in [0.717, 1.165) is 19.3 Å². The van der Waals surface area contributed by atoms with E-state index in [-0.39, 0.29) is 42.3 Å². The number of halogens is 1. The van der Waals surface area contributed by atoms with Gasteiger partial charge >= 0.3 is 12.0 Å². The molecule has 0 aromatic carbocycles. The van der Waals surface area contributed by atoms with Crippen molar-refractivity contribution in [3.8, 4) is 12.3 Å². The van der Waals surface area contributed by atoms with E-state index in [1.807, 2.05) is 0 Å². The number of carbonyl (C=O) groups is 2. The topological polar surface area (TPSA) is 128 Å². The smallest absolute Gasteiger partial charge is 0.312 e. The summed E-state index contributed by atoms with van der Waals surface area (Å²) in [7, 11) is 0. The summed E-state index contributed by atoms with van der Waals surface area (Å²) < 4.78 is 26.9. The largest absolute Gasteiger partial charge is 0.461 e. The quantitative estimate of drug-likeness (QED) is 0.117. The molecule has 0 unspecified atom stereocenters. The Labute approximate surface area is 235 Å². The number of esters is 1. The minimum Gasteiger partial charge on any atom is -0.461 e. The predicted octanol–water partition coefficient (Wildman–Crippen LogP) is 5.21. The third kappa shape index (κ3) is 8.45. The molecule has 1 aliphatic heterocycles. The SMILES string of the molecule is C#C[C@]1(COC(=O)CC)O[C@@H](n2cnc3c(NC(=O)CCCCCCCCCCCCC)nc(F)nc32)C[C@@H]1O. The first-order chi connectivity index (χ1) is 19.3. The second-order valence-electron chi connectivity index (χ2n) is 10.4. The molecule has 3 rings (SSSR count). The number of hydrogen-bond donors (Lipinski definition) is 2. The first-order valence-electron chi connectivity index (χ1n) is 14.5. The van der Waals surface area contributed by atoms with Crippen molar-refractivity contribution in [2.75, 3.05) is 11.9 Å². The van der Waals surface area contributed by atoms with E-state index in [1.54, 1.807) is 6.92 Å². The van der Waals surface area contributed by atoms with Crippen LogP contribution in [0.2, 0.25) is 0 Å². The highest BCUT2D eigenvalue weighted by Gasteiger charge is 2.49.